The van der Waals surface area contributed by atoms with Gasteiger partial charge in [-0.05, 0) is 30.0 Å². The molecule has 0 radical (unpaired) electrons. The Morgan fingerprint density at radius 1 is 1.15 bits per heavy atom. The molecule has 1 fully saturated rings. The summed E-state index contributed by atoms with van der Waals surface area (Å²) in [4.78, 5) is 36.0. The summed E-state index contributed by atoms with van der Waals surface area (Å²) in [5, 5.41) is 15.4. The number of halogens is 1. The molecule has 4 N–H and O–H groups in total. The smallest absolute Gasteiger partial charge is 0.340 e. The highest BCUT2D eigenvalue weighted by molar-refractivity contribution is 7.70. The van der Waals surface area contributed by atoms with Crippen molar-refractivity contribution in [3.63, 3.8) is 0 Å². The molecule has 4 atom stereocenters. The van der Waals surface area contributed by atoms with Crippen molar-refractivity contribution in [1.29, 1.82) is 0 Å². The van der Waals surface area contributed by atoms with E-state index in [0.717, 1.165) is 12.0 Å². The number of aliphatic hydroxyl groups excluding tert-OH is 1. The predicted molar refractivity (Wildman–Crippen MR) is 121 cm³/mol. The van der Waals surface area contributed by atoms with E-state index in [1.807, 2.05) is 30.3 Å². The van der Waals surface area contributed by atoms with E-state index in [1.54, 1.807) is 6.20 Å². The quantitative estimate of drug-likeness (QED) is 0.235. The van der Waals surface area contributed by atoms with E-state index in [2.05, 4.69) is 15.1 Å². The van der Waals surface area contributed by atoms with Crippen LogP contribution in [-0.4, -0.2) is 64.3 Å². The van der Waals surface area contributed by atoms with Crippen LogP contribution in [0.4, 0.5) is 0 Å². The van der Waals surface area contributed by atoms with E-state index in [9.17, 15) is 19.1 Å². The lowest BCUT2D eigenvalue weighted by Crippen LogP contribution is -2.26. The molecule has 0 aliphatic carbocycles. The van der Waals surface area contributed by atoms with Crippen LogP contribution in [0.3, 0.4) is 0 Å². The van der Waals surface area contributed by atoms with Crippen LogP contribution >= 0.6 is 26.8 Å². The van der Waals surface area contributed by atoms with Gasteiger partial charge in [-0.3, -0.25) is 9.13 Å². The summed E-state index contributed by atoms with van der Waals surface area (Å²) in [6.07, 6.45) is 0.153. The molecule has 12 nitrogen and oxygen atoms in total. The fourth-order valence-corrected chi connectivity index (χ4v) is 6.49. The largest absolute Gasteiger partial charge is 0.390 e. The number of hydrogen-bond acceptors (Lipinski definition) is 8. The number of aliphatic hydroxyl groups is 1. The third kappa shape index (κ3) is 6.28. The van der Waals surface area contributed by atoms with E-state index >= 15 is 0 Å². The van der Waals surface area contributed by atoms with Gasteiger partial charge in [-0.15, -0.1) is 0 Å². The Hall–Kier alpha value is -1.72. The molecule has 0 bridgehead atoms. The van der Waals surface area contributed by atoms with Crippen LogP contribution < -0.4 is 0 Å². The number of aromatic nitrogens is 4. The van der Waals surface area contributed by atoms with Gasteiger partial charge >= 0.3 is 15.2 Å². The van der Waals surface area contributed by atoms with Gasteiger partial charge in [0.1, 0.15) is 6.10 Å². The third-order valence-corrected chi connectivity index (χ3v) is 8.90. The molecule has 1 aromatic carbocycles. The standard InChI is InChI=1S/C19H23ClN4O8P2/c20-19-22-14(7-6-12-4-2-1-3-5-12)13-9-21-24(18(13)23-19)17-8-15(25)16(32-17)10-31-34(29,30)11-33(26,27)28/h1-5,9,15-17,25H,6-8,10-11H2,(H,29,30)(H2,26,27,28)/t15-,16+,17+/m0/s1. The van der Waals surface area contributed by atoms with E-state index in [4.69, 9.17) is 30.6 Å². The maximum Gasteiger partial charge on any atom is 0.340 e. The molecule has 3 heterocycles. The van der Waals surface area contributed by atoms with Crippen molar-refractivity contribution < 1.29 is 38.2 Å². The minimum Gasteiger partial charge on any atom is -0.390 e. The maximum absolute atomic E-state index is 11.9. The Bertz CT molecular complexity index is 1250. The molecule has 1 saturated heterocycles. The van der Waals surface area contributed by atoms with Crippen LogP contribution in [0.2, 0.25) is 5.28 Å². The van der Waals surface area contributed by atoms with Gasteiger partial charge in [-0.1, -0.05) is 30.3 Å². The van der Waals surface area contributed by atoms with E-state index in [1.165, 1.54) is 4.68 Å². The molecule has 4 rings (SSSR count). The van der Waals surface area contributed by atoms with Crippen LogP contribution in [0.15, 0.2) is 36.5 Å². The predicted octanol–water partition coefficient (Wildman–Crippen LogP) is 2.25. The van der Waals surface area contributed by atoms with Gasteiger partial charge in [-0.2, -0.15) is 10.1 Å². The summed E-state index contributed by atoms with van der Waals surface area (Å²) in [7, 11) is -9.33. The molecule has 1 unspecified atom stereocenters. The molecule has 0 amide bonds. The van der Waals surface area contributed by atoms with Crippen molar-refractivity contribution in [2.24, 2.45) is 0 Å². The van der Waals surface area contributed by atoms with Crippen molar-refractivity contribution in [2.45, 2.75) is 37.7 Å². The molecule has 15 heteroatoms. The Morgan fingerprint density at radius 3 is 2.59 bits per heavy atom. The number of rotatable bonds is 9. The highest BCUT2D eigenvalue weighted by Crippen LogP contribution is 2.55. The number of benzene rings is 1. The summed E-state index contributed by atoms with van der Waals surface area (Å²) >= 11 is 6.16. The van der Waals surface area contributed by atoms with Crippen LogP contribution in [0.25, 0.3) is 11.0 Å². The minimum absolute atomic E-state index is 0.0365. The fourth-order valence-electron chi connectivity index (χ4n) is 3.74. The topological polar surface area (TPSA) is 177 Å². The monoisotopic (exact) mass is 532 g/mol. The SMILES string of the molecule is O=P(O)(O)CP(=O)(O)OC[C@H]1O[C@@H](n2ncc3c(CCc4ccccc4)nc(Cl)nc32)C[C@@H]1O. The molecule has 2 aromatic heterocycles. The second kappa shape index (κ2) is 10.1. The zero-order chi connectivity index (χ0) is 24.5. The normalized spacial score (nSPS) is 22.8. The van der Waals surface area contributed by atoms with Crippen LogP contribution in [0.1, 0.15) is 23.9 Å². The minimum atomic E-state index is -4.76. The average molecular weight is 533 g/mol. The van der Waals surface area contributed by atoms with E-state index in [0.29, 0.717) is 23.1 Å². The Labute approximate surface area is 199 Å². The summed E-state index contributed by atoms with van der Waals surface area (Å²) < 4.78 is 34.9. The van der Waals surface area contributed by atoms with Crippen LogP contribution in [-0.2, 0) is 31.2 Å². The van der Waals surface area contributed by atoms with Crippen molar-refractivity contribution in [3.05, 3.63) is 53.1 Å². The number of aryl methyl sites for hydroxylation is 2. The number of hydrogen-bond donors (Lipinski definition) is 4. The molecule has 1 aliphatic rings. The van der Waals surface area contributed by atoms with Crippen molar-refractivity contribution >= 4 is 37.8 Å². The van der Waals surface area contributed by atoms with Gasteiger partial charge < -0.3 is 29.0 Å². The number of nitrogens with zero attached hydrogens (tertiary/aromatic N) is 4. The van der Waals surface area contributed by atoms with Gasteiger partial charge in [0.05, 0.1) is 30.0 Å². The maximum atomic E-state index is 11.9. The highest BCUT2D eigenvalue weighted by Gasteiger charge is 2.39. The second-order valence-corrected chi connectivity index (χ2v) is 12.3. The molecule has 0 spiro atoms. The number of ether oxygens (including phenoxy) is 1. The first-order valence-corrected chi connectivity index (χ1v) is 14.2. The van der Waals surface area contributed by atoms with Gasteiger partial charge in [0, 0.05) is 6.42 Å². The lowest BCUT2D eigenvalue weighted by molar-refractivity contribution is -0.0434. The molecule has 184 valence electrons. The molecule has 1 aliphatic heterocycles. The fraction of sp³-hybridized carbons (Fsp3) is 0.421. The van der Waals surface area contributed by atoms with Gasteiger partial charge in [0.2, 0.25) is 5.28 Å². The Balaban J connectivity index is 1.48. The summed E-state index contributed by atoms with van der Waals surface area (Å²) in [6, 6.07) is 9.90. The average Bonchev–Trinajstić information content (AvgIpc) is 3.32. The van der Waals surface area contributed by atoms with Crippen LogP contribution in [0.5, 0.6) is 0 Å². The zero-order valence-corrected chi connectivity index (χ0v) is 20.3. The molecular formula is C19H23ClN4O8P2. The molecular weight excluding hydrogens is 510 g/mol. The lowest BCUT2D eigenvalue weighted by Gasteiger charge is -2.18. The summed E-state index contributed by atoms with van der Waals surface area (Å²) in [5.74, 6) is -1.32. The molecule has 34 heavy (non-hydrogen) atoms. The first kappa shape index (κ1) is 25.4. The van der Waals surface area contributed by atoms with Crippen molar-refractivity contribution in [1.82, 2.24) is 19.7 Å². The third-order valence-electron chi connectivity index (χ3n) is 5.28. The van der Waals surface area contributed by atoms with E-state index < -0.39 is 46.1 Å². The Kier molecular flexibility index (Phi) is 7.54. The van der Waals surface area contributed by atoms with Gasteiger partial charge in [0.25, 0.3) is 0 Å². The molecule has 0 saturated carbocycles. The van der Waals surface area contributed by atoms with E-state index in [-0.39, 0.29) is 11.7 Å². The number of fused-ring (bicyclic) bond motifs is 1. The zero-order valence-electron chi connectivity index (χ0n) is 17.7. The first-order valence-electron chi connectivity index (χ1n) is 10.3. The van der Waals surface area contributed by atoms with Gasteiger partial charge in [-0.25, -0.2) is 9.67 Å². The summed E-state index contributed by atoms with van der Waals surface area (Å²) in [6.45, 7) is -0.539. The van der Waals surface area contributed by atoms with Crippen molar-refractivity contribution in [3.8, 4) is 0 Å². The lowest BCUT2D eigenvalue weighted by atomic mass is 10.1. The Morgan fingerprint density at radius 2 is 1.88 bits per heavy atom. The van der Waals surface area contributed by atoms with Crippen molar-refractivity contribution in [2.75, 3.05) is 12.5 Å². The highest BCUT2D eigenvalue weighted by atomic mass is 35.5. The first-order chi connectivity index (χ1) is 16.0. The van der Waals surface area contributed by atoms with Crippen LogP contribution in [0, 0.1) is 0 Å². The van der Waals surface area contributed by atoms with Gasteiger partial charge in [0.15, 0.2) is 17.8 Å². The second-order valence-electron chi connectivity index (χ2n) is 7.92. The molecule has 3 aromatic rings. The summed E-state index contributed by atoms with van der Waals surface area (Å²) in [5.41, 5.74) is 2.26.